The number of hydrogen-bond donors (Lipinski definition) is 26. The Morgan fingerprint density at radius 2 is 0.713 bits per heavy atom. The Labute approximate surface area is 630 Å². The molecule has 0 aromatic rings. The first-order valence-corrected chi connectivity index (χ1v) is 36.9. The van der Waals surface area contributed by atoms with E-state index in [1.165, 1.54) is 11.8 Å². The Hall–Kier alpha value is -10.3. The van der Waals surface area contributed by atoms with Crippen molar-refractivity contribution >= 4 is 118 Å². The van der Waals surface area contributed by atoms with Gasteiger partial charge in [-0.2, -0.15) is 11.8 Å². The van der Waals surface area contributed by atoms with Crippen LogP contribution < -0.4 is 133 Å². The number of hydrogen-bond acceptors (Lipinski definition) is 23. The van der Waals surface area contributed by atoms with Gasteiger partial charge in [-0.1, -0.05) is 0 Å². The fraction of sp³-hybridized carbons (Fsp3) is 0.710. The second kappa shape index (κ2) is 53.4. The van der Waals surface area contributed by atoms with Gasteiger partial charge in [0.15, 0.2) is 29.8 Å². The SMILES string of the molecule is CSC[C@H](NC(=O)[C@H](CCCN=C(N)N)NC(=O)[C@H](CCC(N)=O)NC(=O)[C@@H]1CCCN1C(=O)[C@@H](N)[C@@H](C)O)C(=O)N[C@@H](CCCN=C(N)N)C(=O)N[C@@H](CCCN=C(N)N)C(=O)N[C@@H](CCCN=C(N)N)C(=O)N[C@@H](CCCCN)C(=O)N[C@@H](CCCCN)C(=O)N[C@@H](CCCN=C(N)N)C(=O)NCC(=O)O. The first kappa shape index (κ1) is 95.7. The molecule has 1 aliphatic rings. The molecule has 1 fully saturated rings. The smallest absolute Gasteiger partial charge is 0.322 e. The van der Waals surface area contributed by atoms with Crippen molar-refractivity contribution in [3.63, 3.8) is 0 Å². The standard InChI is InChI=1S/C62H118N30O15S/c1-33(93)46(66)57(107)92-30-12-20-43(92)56(106)90-41(21-22-44(65)94)54(104)88-40(19-11-29-81-62(75)76)53(103)91-42(32-108-2)55(105)89-39(18-10-28-80-61(73)74)52(102)87-38(17-9-27-79-60(71)72)51(101)86-37(16-8-26-78-59(69)70)50(100)85-36(14-4-6-24-64)49(99)84-35(13-3-5-23-63)48(98)83-34(15-7-25-77-58(67)68)47(97)82-31-45(95)96/h33-43,46,93H,3-32,63-64,66H2,1-2H3,(H2,65,94)(H,82,97)(H,83,98)(H,84,99)(H,85,100)(H,86,101)(H,87,102)(H,88,104)(H,89,105)(H,90,106)(H,91,103)(H,95,96)(H4,67,68,77)(H4,69,70,78)(H4,71,72,79)(H4,73,74,80)(H4,75,76,81)/t33-,34+,35+,36+,37+,38+,39+,40+,41+,42+,43+,46+/m1/s1. The predicted molar refractivity (Wildman–Crippen MR) is 405 cm³/mol. The zero-order chi connectivity index (χ0) is 81.4. The van der Waals surface area contributed by atoms with Crippen LogP contribution in [-0.4, -0.2) is 265 Å². The number of nitrogens with one attached hydrogen (secondary N) is 10. The number of carbonyl (C=O) groups is 13. The highest BCUT2D eigenvalue weighted by molar-refractivity contribution is 7.98. The molecule has 0 bridgehead atoms. The molecule has 45 nitrogen and oxygen atoms in total. The third kappa shape index (κ3) is 40.4. The van der Waals surface area contributed by atoms with Crippen LogP contribution in [0.5, 0.6) is 0 Å². The van der Waals surface area contributed by atoms with Crippen molar-refractivity contribution in [1.29, 1.82) is 0 Å². The fourth-order valence-corrected chi connectivity index (χ4v) is 11.3. The van der Waals surface area contributed by atoms with E-state index in [4.69, 9.17) is 80.3 Å². The number of aliphatic hydroxyl groups is 1. The van der Waals surface area contributed by atoms with Gasteiger partial charge >= 0.3 is 5.97 Å². The minimum atomic E-state index is -1.57. The van der Waals surface area contributed by atoms with Crippen molar-refractivity contribution in [3.8, 4) is 0 Å². The molecule has 1 saturated heterocycles. The number of unbranched alkanes of at least 4 members (excludes halogenated alkanes) is 2. The first-order valence-electron chi connectivity index (χ1n) is 35.5. The number of carboxylic acids is 1. The van der Waals surface area contributed by atoms with E-state index in [1.54, 1.807) is 6.26 Å². The lowest BCUT2D eigenvalue weighted by atomic mass is 10.0. The molecule has 1 heterocycles. The molecule has 0 aliphatic carbocycles. The number of aliphatic imine (C=N–C) groups is 5. The first-order chi connectivity index (χ1) is 51.1. The van der Waals surface area contributed by atoms with Crippen molar-refractivity contribution in [1.82, 2.24) is 58.1 Å². The number of nitrogens with two attached hydrogens (primary N) is 14. The average Bonchev–Trinajstić information content (AvgIpc) is 1.64. The van der Waals surface area contributed by atoms with E-state index in [9.17, 15) is 72.5 Å². The highest BCUT2D eigenvalue weighted by Crippen LogP contribution is 2.20. The van der Waals surface area contributed by atoms with Crippen molar-refractivity contribution in [2.24, 2.45) is 105 Å². The molecule has 0 radical (unpaired) electrons. The molecule has 46 heteroatoms. The molecule has 612 valence electrons. The summed E-state index contributed by atoms with van der Waals surface area (Å²) in [6, 6.07) is -15.8. The summed E-state index contributed by atoms with van der Waals surface area (Å²) in [6.07, 6.45) is 0.584. The van der Waals surface area contributed by atoms with E-state index in [1.807, 2.05) is 0 Å². The van der Waals surface area contributed by atoms with Gasteiger partial charge in [0.05, 0.1) is 6.10 Å². The Balaban J connectivity index is 3.92. The molecule has 0 spiro atoms. The number of thioether (sulfide) groups is 1. The van der Waals surface area contributed by atoms with Crippen molar-refractivity contribution in [2.75, 3.05) is 70.9 Å². The molecule has 12 amide bonds. The van der Waals surface area contributed by atoms with Gasteiger partial charge in [0.1, 0.15) is 73.0 Å². The molecular formula is C62H118N30O15S. The van der Waals surface area contributed by atoms with Crippen LogP contribution in [0.1, 0.15) is 135 Å². The fourth-order valence-electron chi connectivity index (χ4n) is 10.7. The maximum Gasteiger partial charge on any atom is 0.322 e. The van der Waals surface area contributed by atoms with E-state index in [-0.39, 0.29) is 191 Å². The molecule has 0 unspecified atom stereocenters. The van der Waals surface area contributed by atoms with Gasteiger partial charge in [0.2, 0.25) is 70.9 Å². The number of amides is 12. The lowest BCUT2D eigenvalue weighted by Gasteiger charge is -2.29. The third-order valence-electron chi connectivity index (χ3n) is 16.4. The van der Waals surface area contributed by atoms with Gasteiger partial charge in [-0.3, -0.25) is 87.3 Å². The maximum absolute atomic E-state index is 14.8. The molecule has 1 aliphatic heterocycles. The lowest BCUT2D eigenvalue weighted by Crippen LogP contribution is -2.61. The van der Waals surface area contributed by atoms with Crippen molar-refractivity contribution in [3.05, 3.63) is 0 Å². The van der Waals surface area contributed by atoms with E-state index >= 15 is 0 Å². The Kier molecular flexibility index (Phi) is 47.3. The van der Waals surface area contributed by atoms with Crippen molar-refractivity contribution < 1.29 is 72.5 Å². The summed E-state index contributed by atoms with van der Waals surface area (Å²) in [7, 11) is 0. The monoisotopic (exact) mass is 1550 g/mol. The maximum atomic E-state index is 14.8. The van der Waals surface area contributed by atoms with E-state index in [0.29, 0.717) is 19.3 Å². The molecule has 108 heavy (non-hydrogen) atoms. The largest absolute Gasteiger partial charge is 0.480 e. The molecule has 0 saturated carbocycles. The van der Waals surface area contributed by atoms with Gasteiger partial charge in [-0.15, -0.1) is 0 Å². The number of carboxylic acid groups (broad SMARTS) is 1. The minimum absolute atomic E-state index is 0.0120. The summed E-state index contributed by atoms with van der Waals surface area (Å²) in [4.78, 5) is 201. The van der Waals surface area contributed by atoms with Crippen LogP contribution in [0.25, 0.3) is 0 Å². The predicted octanol–water partition coefficient (Wildman–Crippen LogP) is -11.6. The number of carbonyl (C=O) groups excluding carboxylic acids is 12. The van der Waals surface area contributed by atoms with Crippen molar-refractivity contribution in [2.45, 2.75) is 208 Å². The molecule has 0 aromatic heterocycles. The van der Waals surface area contributed by atoms with Crippen LogP contribution >= 0.6 is 11.8 Å². The minimum Gasteiger partial charge on any atom is -0.480 e. The molecule has 40 N–H and O–H groups in total. The zero-order valence-electron chi connectivity index (χ0n) is 61.5. The second-order valence-electron chi connectivity index (χ2n) is 25.4. The summed E-state index contributed by atoms with van der Waals surface area (Å²) in [6.45, 7) is 0.769. The summed E-state index contributed by atoms with van der Waals surface area (Å²) in [5, 5.41) is 45.1. The molecule has 0 aromatic carbocycles. The number of rotatable bonds is 56. The number of aliphatic carboxylic acids is 1. The number of aliphatic hydroxyl groups excluding tert-OH is 1. The van der Waals surface area contributed by atoms with Crippen LogP contribution in [0.3, 0.4) is 0 Å². The van der Waals surface area contributed by atoms with Gasteiger partial charge in [0.25, 0.3) is 0 Å². The molecule has 1 rings (SSSR count). The van der Waals surface area contributed by atoms with Gasteiger partial charge < -0.3 is 149 Å². The van der Waals surface area contributed by atoms with Crippen LogP contribution in [0, 0.1) is 0 Å². The molecule has 12 atom stereocenters. The van der Waals surface area contributed by atoms with Crippen LogP contribution in [0.2, 0.25) is 0 Å². The summed E-state index contributed by atoms with van der Waals surface area (Å²) in [5.74, 6) is -13.7. The van der Waals surface area contributed by atoms with Crippen LogP contribution in [-0.2, 0) is 62.3 Å². The third-order valence-corrected chi connectivity index (χ3v) is 17.1. The quantitative estimate of drug-likeness (QED) is 0.0153. The second-order valence-corrected chi connectivity index (χ2v) is 26.3. The van der Waals surface area contributed by atoms with Crippen LogP contribution in [0.4, 0.5) is 0 Å². The summed E-state index contributed by atoms with van der Waals surface area (Å²) >= 11 is 1.09. The number of nitrogens with zero attached hydrogens (tertiary/aromatic N) is 6. The van der Waals surface area contributed by atoms with Gasteiger partial charge in [0, 0.05) is 51.4 Å². The van der Waals surface area contributed by atoms with E-state index < -0.39 is 162 Å². The Bertz CT molecular complexity index is 3070. The Morgan fingerprint density at radius 1 is 0.426 bits per heavy atom. The Morgan fingerprint density at radius 3 is 0.991 bits per heavy atom. The highest BCUT2D eigenvalue weighted by atomic mass is 32.2. The van der Waals surface area contributed by atoms with E-state index in [2.05, 4.69) is 78.1 Å². The summed E-state index contributed by atoms with van der Waals surface area (Å²) in [5.41, 5.74) is 78.6. The number of primary amides is 1. The van der Waals surface area contributed by atoms with Gasteiger partial charge in [-0.05, 0) is 148 Å². The van der Waals surface area contributed by atoms with Gasteiger partial charge in [-0.25, -0.2) is 0 Å². The number of likely N-dealkylation sites (tertiary alicyclic amines) is 1. The van der Waals surface area contributed by atoms with E-state index in [0.717, 1.165) is 11.8 Å². The molecular weight excluding hydrogens is 1440 g/mol. The number of guanidine groups is 5. The summed E-state index contributed by atoms with van der Waals surface area (Å²) < 4.78 is 0. The zero-order valence-corrected chi connectivity index (χ0v) is 62.3. The average molecular weight is 1560 g/mol. The highest BCUT2D eigenvalue weighted by Gasteiger charge is 2.40. The van der Waals surface area contributed by atoms with Crippen LogP contribution in [0.15, 0.2) is 25.0 Å². The topological polar surface area (TPSA) is 812 Å². The normalized spacial score (nSPS) is 15.4. The lowest BCUT2D eigenvalue weighted by molar-refractivity contribution is -0.142.